The van der Waals surface area contributed by atoms with Gasteiger partial charge in [0.05, 0.1) is 5.69 Å². The number of aryl methyl sites for hydroxylation is 1. The Hall–Kier alpha value is -1.57. The minimum absolute atomic E-state index is 0.856. The van der Waals surface area contributed by atoms with E-state index in [1.807, 2.05) is 19.1 Å². The Morgan fingerprint density at radius 2 is 2.29 bits per heavy atom. The van der Waals surface area contributed by atoms with Crippen molar-refractivity contribution in [2.45, 2.75) is 19.8 Å². The molecule has 14 heavy (non-hydrogen) atoms. The number of pyridine rings is 1. The summed E-state index contributed by atoms with van der Waals surface area (Å²) in [5.41, 5.74) is 0.933. The summed E-state index contributed by atoms with van der Waals surface area (Å²) in [5.74, 6) is 1.87. The van der Waals surface area contributed by atoms with Gasteiger partial charge in [-0.1, -0.05) is 12.2 Å². The third-order valence-electron chi connectivity index (χ3n) is 2.17. The van der Waals surface area contributed by atoms with E-state index in [2.05, 4.69) is 23.2 Å². The van der Waals surface area contributed by atoms with Crippen molar-refractivity contribution in [3.8, 4) is 5.75 Å². The Morgan fingerprint density at radius 3 is 3.00 bits per heavy atom. The van der Waals surface area contributed by atoms with Gasteiger partial charge in [0.1, 0.15) is 11.5 Å². The summed E-state index contributed by atoms with van der Waals surface area (Å²) in [4.78, 5) is 4.17. The third kappa shape index (κ3) is 2.02. The van der Waals surface area contributed by atoms with Gasteiger partial charge in [0, 0.05) is 12.6 Å². The summed E-state index contributed by atoms with van der Waals surface area (Å²) < 4.78 is 5.73. The van der Waals surface area contributed by atoms with E-state index in [0.717, 1.165) is 30.0 Å². The van der Waals surface area contributed by atoms with Crippen LogP contribution in [-0.4, -0.2) is 4.98 Å². The highest BCUT2D eigenvalue weighted by atomic mass is 16.5. The van der Waals surface area contributed by atoms with Crippen LogP contribution < -0.4 is 4.74 Å². The largest absolute Gasteiger partial charge is 0.460 e. The molecule has 72 valence electrons. The Bertz CT molecular complexity index is 380. The molecule has 1 aromatic heterocycles. The van der Waals surface area contributed by atoms with Crippen LogP contribution in [0.2, 0.25) is 0 Å². The molecule has 1 heterocycles. The second kappa shape index (κ2) is 4.09. The summed E-state index contributed by atoms with van der Waals surface area (Å²) in [6.45, 7) is 1.95. The summed E-state index contributed by atoms with van der Waals surface area (Å²) in [5, 5.41) is 0. The molecule has 1 aromatic rings. The summed E-state index contributed by atoms with van der Waals surface area (Å²) in [6, 6.07) is 3.84. The molecular formula is C12H13NO. The van der Waals surface area contributed by atoms with Gasteiger partial charge in [-0.25, -0.2) is 0 Å². The number of aromatic nitrogens is 1. The lowest BCUT2D eigenvalue weighted by Gasteiger charge is -2.11. The predicted molar refractivity (Wildman–Crippen MR) is 56.1 cm³/mol. The maximum Gasteiger partial charge on any atom is 0.148 e. The SMILES string of the molecule is Cc1ncccc1OC1=CCC=CC1. The fraction of sp³-hybridized carbons (Fsp3) is 0.250. The number of hydrogen-bond acceptors (Lipinski definition) is 2. The molecular weight excluding hydrogens is 174 g/mol. The zero-order valence-electron chi connectivity index (χ0n) is 8.23. The third-order valence-corrected chi connectivity index (χ3v) is 2.17. The van der Waals surface area contributed by atoms with E-state index < -0.39 is 0 Å². The van der Waals surface area contributed by atoms with Gasteiger partial charge in [0.15, 0.2) is 0 Å². The highest BCUT2D eigenvalue weighted by molar-refractivity contribution is 5.28. The first-order valence-corrected chi connectivity index (χ1v) is 4.80. The van der Waals surface area contributed by atoms with Gasteiger partial charge < -0.3 is 4.74 Å². The van der Waals surface area contributed by atoms with E-state index >= 15 is 0 Å². The Labute approximate surface area is 83.9 Å². The Morgan fingerprint density at radius 1 is 1.36 bits per heavy atom. The van der Waals surface area contributed by atoms with Gasteiger partial charge in [-0.2, -0.15) is 0 Å². The summed E-state index contributed by atoms with van der Waals surface area (Å²) >= 11 is 0. The molecule has 0 fully saturated rings. The minimum atomic E-state index is 0.856. The van der Waals surface area contributed by atoms with Crippen molar-refractivity contribution in [2.24, 2.45) is 0 Å². The van der Waals surface area contributed by atoms with Crippen LogP contribution in [0.25, 0.3) is 0 Å². The highest BCUT2D eigenvalue weighted by Gasteiger charge is 2.04. The first-order valence-electron chi connectivity index (χ1n) is 4.80. The van der Waals surface area contributed by atoms with Crippen LogP contribution in [0.4, 0.5) is 0 Å². The van der Waals surface area contributed by atoms with E-state index in [1.165, 1.54) is 0 Å². The van der Waals surface area contributed by atoms with Crippen molar-refractivity contribution >= 4 is 0 Å². The molecule has 0 amide bonds. The number of ether oxygens (including phenoxy) is 1. The average molecular weight is 187 g/mol. The standard InChI is InChI=1S/C12H13NO/c1-10-12(8-5-9-13-10)14-11-6-3-2-4-7-11/h2-3,5,7-9H,4,6H2,1H3. The van der Waals surface area contributed by atoms with Crippen LogP contribution in [0.15, 0.2) is 42.3 Å². The summed E-state index contributed by atoms with van der Waals surface area (Å²) in [7, 11) is 0. The van der Waals surface area contributed by atoms with Crippen molar-refractivity contribution in [1.29, 1.82) is 0 Å². The monoisotopic (exact) mass is 187 g/mol. The molecule has 0 aromatic carbocycles. The number of allylic oxidation sites excluding steroid dienone is 3. The van der Waals surface area contributed by atoms with E-state index in [0.29, 0.717) is 0 Å². The van der Waals surface area contributed by atoms with Crippen LogP contribution in [0.3, 0.4) is 0 Å². The van der Waals surface area contributed by atoms with Gasteiger partial charge in [-0.15, -0.1) is 0 Å². The lowest BCUT2D eigenvalue weighted by molar-refractivity contribution is 0.406. The Kier molecular flexibility index (Phi) is 2.63. The smallest absolute Gasteiger partial charge is 0.148 e. The van der Waals surface area contributed by atoms with Crippen molar-refractivity contribution < 1.29 is 4.74 Å². The maximum absolute atomic E-state index is 5.73. The van der Waals surface area contributed by atoms with E-state index in [-0.39, 0.29) is 0 Å². The number of rotatable bonds is 2. The molecule has 2 nitrogen and oxygen atoms in total. The number of hydrogen-bond donors (Lipinski definition) is 0. The molecule has 0 saturated heterocycles. The van der Waals surface area contributed by atoms with Gasteiger partial charge in [0.25, 0.3) is 0 Å². The fourth-order valence-corrected chi connectivity index (χ4v) is 1.38. The fourth-order valence-electron chi connectivity index (χ4n) is 1.38. The highest BCUT2D eigenvalue weighted by Crippen LogP contribution is 2.20. The second-order valence-electron chi connectivity index (χ2n) is 3.27. The van der Waals surface area contributed by atoms with Crippen molar-refractivity contribution in [3.63, 3.8) is 0 Å². The van der Waals surface area contributed by atoms with Gasteiger partial charge in [0.2, 0.25) is 0 Å². The van der Waals surface area contributed by atoms with Crippen LogP contribution >= 0.6 is 0 Å². The zero-order chi connectivity index (χ0) is 9.80. The van der Waals surface area contributed by atoms with Crippen molar-refractivity contribution in [1.82, 2.24) is 4.98 Å². The minimum Gasteiger partial charge on any atom is -0.460 e. The summed E-state index contributed by atoms with van der Waals surface area (Å²) in [6.07, 6.45) is 10.00. The molecule has 0 aliphatic heterocycles. The van der Waals surface area contributed by atoms with Crippen LogP contribution in [0.1, 0.15) is 18.5 Å². The van der Waals surface area contributed by atoms with E-state index in [4.69, 9.17) is 4.74 Å². The Balaban J connectivity index is 2.11. The molecule has 1 aliphatic rings. The van der Waals surface area contributed by atoms with Gasteiger partial charge in [-0.05, 0) is 31.6 Å². The topological polar surface area (TPSA) is 22.1 Å². The normalized spacial score (nSPS) is 15.1. The molecule has 0 spiro atoms. The zero-order valence-corrected chi connectivity index (χ0v) is 8.23. The molecule has 0 bridgehead atoms. The molecule has 0 unspecified atom stereocenters. The van der Waals surface area contributed by atoms with Crippen molar-refractivity contribution in [3.05, 3.63) is 48.0 Å². The first-order chi connectivity index (χ1) is 6.86. The van der Waals surface area contributed by atoms with Gasteiger partial charge >= 0.3 is 0 Å². The molecule has 2 heteroatoms. The lowest BCUT2D eigenvalue weighted by atomic mass is 10.2. The van der Waals surface area contributed by atoms with Crippen LogP contribution in [0.5, 0.6) is 5.75 Å². The molecule has 0 saturated carbocycles. The molecule has 2 rings (SSSR count). The quantitative estimate of drug-likeness (QED) is 0.664. The van der Waals surface area contributed by atoms with Crippen LogP contribution in [-0.2, 0) is 0 Å². The number of nitrogens with zero attached hydrogens (tertiary/aromatic N) is 1. The van der Waals surface area contributed by atoms with E-state index in [9.17, 15) is 0 Å². The first kappa shape index (κ1) is 9.00. The van der Waals surface area contributed by atoms with Crippen LogP contribution in [0, 0.1) is 6.92 Å². The van der Waals surface area contributed by atoms with E-state index in [1.54, 1.807) is 6.20 Å². The van der Waals surface area contributed by atoms with Crippen molar-refractivity contribution in [2.75, 3.05) is 0 Å². The molecule has 1 aliphatic carbocycles. The van der Waals surface area contributed by atoms with Gasteiger partial charge in [-0.3, -0.25) is 4.98 Å². The maximum atomic E-state index is 5.73. The molecule has 0 N–H and O–H groups in total. The molecule has 0 radical (unpaired) electrons. The second-order valence-corrected chi connectivity index (χ2v) is 3.27. The predicted octanol–water partition coefficient (Wildman–Crippen LogP) is 3.00. The lowest BCUT2D eigenvalue weighted by Crippen LogP contribution is -1.98. The average Bonchev–Trinajstić information content (AvgIpc) is 2.23. The molecule has 0 atom stereocenters.